The second-order valence-corrected chi connectivity index (χ2v) is 6.21. The maximum Gasteiger partial charge on any atom is 0.136 e. The van der Waals surface area contributed by atoms with E-state index in [0.29, 0.717) is 17.7 Å². The molecule has 2 unspecified atom stereocenters. The molecule has 2 aliphatic rings. The summed E-state index contributed by atoms with van der Waals surface area (Å²) in [4.78, 5) is 9.00. The van der Waals surface area contributed by atoms with Crippen LogP contribution in [0.5, 0.6) is 0 Å². The Hall–Kier alpha value is -1.36. The van der Waals surface area contributed by atoms with E-state index in [1.165, 1.54) is 19.3 Å². The Labute approximate surface area is 120 Å². The zero-order chi connectivity index (χ0) is 14.1. The van der Waals surface area contributed by atoms with Crippen LogP contribution in [0.1, 0.15) is 55.8 Å². The first-order valence-corrected chi connectivity index (χ1v) is 7.71. The van der Waals surface area contributed by atoms with Gasteiger partial charge >= 0.3 is 0 Å². The van der Waals surface area contributed by atoms with Crippen molar-refractivity contribution >= 4 is 11.6 Å². The molecule has 3 rings (SSSR count). The molecule has 2 aliphatic carbocycles. The zero-order valence-electron chi connectivity index (χ0n) is 12.1. The monoisotopic (exact) mass is 276 g/mol. The van der Waals surface area contributed by atoms with Gasteiger partial charge in [0.1, 0.15) is 17.5 Å². The maximum absolute atomic E-state index is 10.0. The number of aliphatic hydroxyl groups is 1. The van der Waals surface area contributed by atoms with Crippen LogP contribution in [0.2, 0.25) is 0 Å². The third-order valence-corrected chi connectivity index (χ3v) is 4.54. The second-order valence-electron chi connectivity index (χ2n) is 6.21. The Balaban J connectivity index is 1.69. The molecule has 0 radical (unpaired) electrons. The number of aromatic nitrogens is 2. The average molecular weight is 276 g/mol. The lowest BCUT2D eigenvalue weighted by Crippen LogP contribution is -2.30. The van der Waals surface area contributed by atoms with Crippen molar-refractivity contribution < 1.29 is 5.11 Å². The molecule has 0 aliphatic heterocycles. The van der Waals surface area contributed by atoms with Gasteiger partial charge in [-0.15, -0.1) is 0 Å². The van der Waals surface area contributed by atoms with Gasteiger partial charge in [-0.05, 0) is 32.6 Å². The quantitative estimate of drug-likeness (QED) is 0.785. The van der Waals surface area contributed by atoms with Gasteiger partial charge in [-0.2, -0.15) is 0 Å². The summed E-state index contributed by atoms with van der Waals surface area (Å²) in [5, 5.41) is 13.4. The topological polar surface area (TPSA) is 84.1 Å². The fraction of sp³-hybridized carbons (Fsp3) is 0.733. The van der Waals surface area contributed by atoms with Gasteiger partial charge in [0, 0.05) is 23.9 Å². The van der Waals surface area contributed by atoms with E-state index in [4.69, 9.17) is 5.73 Å². The van der Waals surface area contributed by atoms with Crippen LogP contribution in [0.4, 0.5) is 11.6 Å². The molecule has 4 N–H and O–H groups in total. The predicted molar refractivity (Wildman–Crippen MR) is 79.6 cm³/mol. The van der Waals surface area contributed by atoms with Gasteiger partial charge in [-0.25, -0.2) is 9.97 Å². The van der Waals surface area contributed by atoms with E-state index in [1.807, 2.05) is 6.92 Å². The molecule has 0 bridgehead atoms. The van der Waals surface area contributed by atoms with Gasteiger partial charge in [0.15, 0.2) is 0 Å². The van der Waals surface area contributed by atoms with Crippen LogP contribution in [-0.4, -0.2) is 27.7 Å². The Kier molecular flexibility index (Phi) is 3.78. The van der Waals surface area contributed by atoms with Crippen molar-refractivity contribution in [2.45, 2.75) is 57.5 Å². The minimum atomic E-state index is -0.182. The lowest BCUT2D eigenvalue weighted by molar-refractivity contribution is 0.0763. The van der Waals surface area contributed by atoms with Crippen molar-refractivity contribution in [2.24, 2.45) is 5.92 Å². The van der Waals surface area contributed by atoms with Crippen molar-refractivity contribution in [3.05, 3.63) is 11.4 Å². The summed E-state index contributed by atoms with van der Waals surface area (Å²) in [6, 6.07) is 0. The fourth-order valence-corrected chi connectivity index (χ4v) is 2.90. The van der Waals surface area contributed by atoms with E-state index in [0.717, 1.165) is 43.0 Å². The first-order valence-electron chi connectivity index (χ1n) is 7.71. The number of nitrogens with zero attached hydrogens (tertiary/aromatic N) is 2. The summed E-state index contributed by atoms with van der Waals surface area (Å²) in [7, 11) is 0. The van der Waals surface area contributed by atoms with E-state index < -0.39 is 0 Å². The summed E-state index contributed by atoms with van der Waals surface area (Å²) in [6.07, 6.45) is 6.52. The van der Waals surface area contributed by atoms with E-state index in [1.54, 1.807) is 0 Å². The predicted octanol–water partition coefficient (Wildman–Crippen LogP) is 2.21. The summed E-state index contributed by atoms with van der Waals surface area (Å²) >= 11 is 0. The zero-order valence-corrected chi connectivity index (χ0v) is 12.1. The van der Waals surface area contributed by atoms with Crippen LogP contribution in [0.3, 0.4) is 0 Å². The van der Waals surface area contributed by atoms with Gasteiger partial charge < -0.3 is 16.2 Å². The molecule has 1 aromatic rings. The third kappa shape index (κ3) is 2.87. The van der Waals surface area contributed by atoms with E-state index >= 15 is 0 Å². The third-order valence-electron chi connectivity index (χ3n) is 4.54. The lowest BCUT2D eigenvalue weighted by Gasteiger charge is -2.28. The molecule has 0 saturated heterocycles. The number of aliphatic hydroxyl groups excluding tert-OH is 1. The number of hydrogen-bond donors (Lipinski definition) is 3. The average Bonchev–Trinajstić information content (AvgIpc) is 3.26. The van der Waals surface area contributed by atoms with Crippen molar-refractivity contribution in [2.75, 3.05) is 17.6 Å². The standard InChI is InChI=1S/C15H24N4O/c1-9-13(16)18-15(10-6-7-10)19-14(9)17-8-11-4-2-3-5-12(11)20/h10-12,20H,2-8H2,1H3,(H3,16,17,18,19). The number of anilines is 2. The molecule has 0 amide bonds. The number of nitrogens with one attached hydrogen (secondary N) is 1. The highest BCUT2D eigenvalue weighted by Gasteiger charge is 2.28. The second kappa shape index (κ2) is 5.56. The van der Waals surface area contributed by atoms with Crippen molar-refractivity contribution in [1.29, 1.82) is 0 Å². The number of rotatable bonds is 4. The Bertz CT molecular complexity index is 487. The molecule has 20 heavy (non-hydrogen) atoms. The molecule has 2 saturated carbocycles. The summed E-state index contributed by atoms with van der Waals surface area (Å²) in [5.74, 6) is 3.12. The van der Waals surface area contributed by atoms with Gasteiger partial charge in [-0.1, -0.05) is 12.8 Å². The van der Waals surface area contributed by atoms with Crippen molar-refractivity contribution in [1.82, 2.24) is 9.97 Å². The molecule has 1 aromatic heterocycles. The SMILES string of the molecule is Cc1c(N)nc(C2CC2)nc1NCC1CCCCC1O. The van der Waals surface area contributed by atoms with Gasteiger partial charge in [0.05, 0.1) is 6.10 Å². The molecule has 5 nitrogen and oxygen atoms in total. The van der Waals surface area contributed by atoms with Crippen LogP contribution in [0, 0.1) is 12.8 Å². The first kappa shape index (κ1) is 13.6. The number of nitrogen functional groups attached to an aromatic ring is 1. The number of nitrogens with two attached hydrogens (primary N) is 1. The van der Waals surface area contributed by atoms with E-state index in [9.17, 15) is 5.11 Å². The molecule has 0 aromatic carbocycles. The Morgan fingerprint density at radius 1 is 1.20 bits per heavy atom. The molecular formula is C15H24N4O. The van der Waals surface area contributed by atoms with Crippen molar-refractivity contribution in [3.8, 4) is 0 Å². The lowest BCUT2D eigenvalue weighted by atomic mass is 9.86. The highest BCUT2D eigenvalue weighted by Crippen LogP contribution is 2.39. The Morgan fingerprint density at radius 3 is 2.65 bits per heavy atom. The number of hydrogen-bond acceptors (Lipinski definition) is 5. The molecule has 110 valence electrons. The van der Waals surface area contributed by atoms with Crippen LogP contribution < -0.4 is 11.1 Å². The largest absolute Gasteiger partial charge is 0.393 e. The van der Waals surface area contributed by atoms with Crippen molar-refractivity contribution in [3.63, 3.8) is 0 Å². The highest BCUT2D eigenvalue weighted by molar-refractivity contribution is 5.55. The molecule has 0 spiro atoms. The molecule has 2 atom stereocenters. The van der Waals surface area contributed by atoms with Gasteiger partial charge in [-0.3, -0.25) is 0 Å². The fourth-order valence-electron chi connectivity index (χ4n) is 2.90. The molecule has 2 fully saturated rings. The van der Waals surface area contributed by atoms with E-state index in [-0.39, 0.29) is 6.10 Å². The van der Waals surface area contributed by atoms with Gasteiger partial charge in [0.2, 0.25) is 0 Å². The van der Waals surface area contributed by atoms with E-state index in [2.05, 4.69) is 15.3 Å². The highest BCUT2D eigenvalue weighted by atomic mass is 16.3. The molecule has 1 heterocycles. The molecule has 5 heteroatoms. The summed E-state index contributed by atoms with van der Waals surface area (Å²) in [5.41, 5.74) is 6.90. The Morgan fingerprint density at radius 2 is 1.95 bits per heavy atom. The van der Waals surface area contributed by atoms with Gasteiger partial charge in [0.25, 0.3) is 0 Å². The minimum absolute atomic E-state index is 0.182. The normalized spacial score (nSPS) is 26.5. The minimum Gasteiger partial charge on any atom is -0.393 e. The smallest absolute Gasteiger partial charge is 0.136 e. The van der Waals surface area contributed by atoms with Crippen LogP contribution >= 0.6 is 0 Å². The van der Waals surface area contributed by atoms with Crippen LogP contribution in [0.25, 0.3) is 0 Å². The first-order chi connectivity index (χ1) is 9.65. The van der Waals surface area contributed by atoms with Crippen LogP contribution in [-0.2, 0) is 0 Å². The summed E-state index contributed by atoms with van der Waals surface area (Å²) < 4.78 is 0. The molecular weight excluding hydrogens is 252 g/mol. The van der Waals surface area contributed by atoms with Crippen LogP contribution in [0.15, 0.2) is 0 Å². The maximum atomic E-state index is 10.0. The summed E-state index contributed by atoms with van der Waals surface area (Å²) in [6.45, 7) is 2.72.